The lowest BCUT2D eigenvalue weighted by Crippen LogP contribution is -2.39. The standard InChI is InChI=1S/C14H26N4/c1-4-5-13-10-18(12(2)6-8-15-13)11-14-7-9-17(3)16-14/h7,9,12-13,15H,4-6,8,10-11H2,1-3H3. The average molecular weight is 250 g/mol. The fraction of sp³-hybridized carbons (Fsp3) is 0.786. The van der Waals surface area contributed by atoms with Crippen LogP contribution in [0, 0.1) is 0 Å². The van der Waals surface area contributed by atoms with E-state index in [0.29, 0.717) is 12.1 Å². The molecule has 0 radical (unpaired) electrons. The van der Waals surface area contributed by atoms with Crippen LogP contribution in [0.5, 0.6) is 0 Å². The third-order valence-corrected chi connectivity index (χ3v) is 3.84. The Labute approximate surface area is 110 Å². The molecule has 0 aliphatic carbocycles. The molecule has 2 heterocycles. The molecule has 0 saturated carbocycles. The van der Waals surface area contributed by atoms with Gasteiger partial charge in [0.15, 0.2) is 0 Å². The largest absolute Gasteiger partial charge is 0.313 e. The Hall–Kier alpha value is -0.870. The second-order valence-corrected chi connectivity index (χ2v) is 5.49. The molecule has 0 aromatic carbocycles. The highest BCUT2D eigenvalue weighted by atomic mass is 15.3. The predicted octanol–water partition coefficient (Wildman–Crippen LogP) is 1.77. The lowest BCUT2D eigenvalue weighted by molar-refractivity contribution is 0.190. The van der Waals surface area contributed by atoms with E-state index >= 15 is 0 Å². The Morgan fingerprint density at radius 3 is 3.00 bits per heavy atom. The summed E-state index contributed by atoms with van der Waals surface area (Å²) >= 11 is 0. The van der Waals surface area contributed by atoms with Crippen LogP contribution in [-0.4, -0.2) is 39.9 Å². The summed E-state index contributed by atoms with van der Waals surface area (Å²) in [6.45, 7) is 7.86. The van der Waals surface area contributed by atoms with Crippen molar-refractivity contribution in [3.8, 4) is 0 Å². The highest BCUT2D eigenvalue weighted by Crippen LogP contribution is 2.14. The van der Waals surface area contributed by atoms with Gasteiger partial charge in [-0.1, -0.05) is 13.3 Å². The summed E-state index contributed by atoms with van der Waals surface area (Å²) in [6, 6.07) is 3.41. The molecule has 1 aromatic heterocycles. The van der Waals surface area contributed by atoms with Gasteiger partial charge in [0, 0.05) is 38.4 Å². The van der Waals surface area contributed by atoms with Gasteiger partial charge in [0.25, 0.3) is 0 Å². The SMILES string of the molecule is CCCC1CN(Cc2ccn(C)n2)C(C)CCN1. The van der Waals surface area contributed by atoms with Gasteiger partial charge in [0.2, 0.25) is 0 Å². The van der Waals surface area contributed by atoms with Crippen molar-refractivity contribution in [2.75, 3.05) is 13.1 Å². The summed E-state index contributed by atoms with van der Waals surface area (Å²) in [5.41, 5.74) is 1.18. The first-order valence-corrected chi connectivity index (χ1v) is 7.15. The number of nitrogens with zero attached hydrogens (tertiary/aromatic N) is 3. The average Bonchev–Trinajstić information content (AvgIpc) is 2.65. The Morgan fingerprint density at radius 1 is 1.50 bits per heavy atom. The van der Waals surface area contributed by atoms with Gasteiger partial charge in [-0.25, -0.2) is 0 Å². The number of aryl methyl sites for hydroxylation is 1. The third-order valence-electron chi connectivity index (χ3n) is 3.84. The summed E-state index contributed by atoms with van der Waals surface area (Å²) < 4.78 is 1.89. The molecular weight excluding hydrogens is 224 g/mol. The second kappa shape index (κ2) is 6.34. The van der Waals surface area contributed by atoms with Crippen LogP contribution < -0.4 is 5.32 Å². The third kappa shape index (κ3) is 3.56. The first-order valence-electron chi connectivity index (χ1n) is 7.15. The van der Waals surface area contributed by atoms with Crippen LogP contribution in [0.3, 0.4) is 0 Å². The fourth-order valence-corrected chi connectivity index (χ4v) is 2.72. The molecular formula is C14H26N4. The van der Waals surface area contributed by atoms with Crippen LogP contribution in [0.1, 0.15) is 38.8 Å². The summed E-state index contributed by atoms with van der Waals surface area (Å²) in [7, 11) is 1.98. The molecule has 4 heteroatoms. The van der Waals surface area contributed by atoms with Gasteiger partial charge >= 0.3 is 0 Å². The Balaban J connectivity index is 1.98. The molecule has 1 aromatic rings. The maximum atomic E-state index is 4.50. The van der Waals surface area contributed by atoms with Gasteiger partial charge in [-0.05, 0) is 32.4 Å². The van der Waals surface area contributed by atoms with Crippen molar-refractivity contribution in [3.05, 3.63) is 18.0 Å². The van der Waals surface area contributed by atoms with Crippen molar-refractivity contribution >= 4 is 0 Å². The van der Waals surface area contributed by atoms with E-state index in [1.165, 1.54) is 25.0 Å². The zero-order valence-electron chi connectivity index (χ0n) is 11.9. The van der Waals surface area contributed by atoms with E-state index in [9.17, 15) is 0 Å². The van der Waals surface area contributed by atoms with Crippen molar-refractivity contribution < 1.29 is 0 Å². The highest BCUT2D eigenvalue weighted by Gasteiger charge is 2.22. The van der Waals surface area contributed by atoms with Crippen LogP contribution in [-0.2, 0) is 13.6 Å². The molecule has 18 heavy (non-hydrogen) atoms. The van der Waals surface area contributed by atoms with Crippen molar-refractivity contribution in [2.45, 2.75) is 51.7 Å². The molecule has 1 fully saturated rings. The highest BCUT2D eigenvalue weighted by molar-refractivity contribution is 4.99. The number of rotatable bonds is 4. The van der Waals surface area contributed by atoms with Gasteiger partial charge in [-0.2, -0.15) is 5.10 Å². The molecule has 2 rings (SSSR count). The van der Waals surface area contributed by atoms with Gasteiger partial charge in [0.05, 0.1) is 5.69 Å². The van der Waals surface area contributed by atoms with Crippen molar-refractivity contribution in [1.82, 2.24) is 20.0 Å². The molecule has 1 saturated heterocycles. The number of hydrogen-bond donors (Lipinski definition) is 1. The molecule has 2 atom stereocenters. The van der Waals surface area contributed by atoms with Crippen molar-refractivity contribution in [3.63, 3.8) is 0 Å². The molecule has 4 nitrogen and oxygen atoms in total. The molecule has 2 unspecified atom stereocenters. The first kappa shape index (κ1) is 13.6. The zero-order chi connectivity index (χ0) is 13.0. The number of hydrogen-bond acceptors (Lipinski definition) is 3. The second-order valence-electron chi connectivity index (χ2n) is 5.49. The predicted molar refractivity (Wildman–Crippen MR) is 74.4 cm³/mol. The Kier molecular flexibility index (Phi) is 4.78. The molecule has 0 amide bonds. The Bertz CT molecular complexity index is 360. The van der Waals surface area contributed by atoms with E-state index in [0.717, 1.165) is 19.6 Å². The topological polar surface area (TPSA) is 33.1 Å². The summed E-state index contributed by atoms with van der Waals surface area (Å²) in [6.07, 6.45) is 5.78. The minimum Gasteiger partial charge on any atom is -0.313 e. The molecule has 0 bridgehead atoms. The number of nitrogens with one attached hydrogen (secondary N) is 1. The first-order chi connectivity index (χ1) is 8.69. The van der Waals surface area contributed by atoms with Crippen LogP contribution in [0.15, 0.2) is 12.3 Å². The Morgan fingerprint density at radius 2 is 2.33 bits per heavy atom. The number of aromatic nitrogens is 2. The monoisotopic (exact) mass is 250 g/mol. The van der Waals surface area contributed by atoms with Gasteiger partial charge in [-0.3, -0.25) is 9.58 Å². The maximum Gasteiger partial charge on any atom is 0.0764 e. The minimum atomic E-state index is 0.640. The van der Waals surface area contributed by atoms with Crippen LogP contribution in [0.4, 0.5) is 0 Å². The van der Waals surface area contributed by atoms with Crippen LogP contribution in [0.2, 0.25) is 0 Å². The molecule has 1 aliphatic rings. The fourth-order valence-electron chi connectivity index (χ4n) is 2.72. The van der Waals surface area contributed by atoms with E-state index in [4.69, 9.17) is 0 Å². The summed E-state index contributed by atoms with van der Waals surface area (Å²) in [5.74, 6) is 0. The van der Waals surface area contributed by atoms with E-state index < -0.39 is 0 Å². The smallest absolute Gasteiger partial charge is 0.0764 e. The van der Waals surface area contributed by atoms with Gasteiger partial charge in [0.1, 0.15) is 0 Å². The van der Waals surface area contributed by atoms with E-state index in [1.54, 1.807) is 0 Å². The normalized spacial score (nSPS) is 26.2. The zero-order valence-corrected chi connectivity index (χ0v) is 11.9. The van der Waals surface area contributed by atoms with E-state index in [2.05, 4.69) is 35.2 Å². The molecule has 102 valence electrons. The van der Waals surface area contributed by atoms with Gasteiger partial charge < -0.3 is 5.32 Å². The maximum absolute atomic E-state index is 4.50. The molecule has 1 aliphatic heterocycles. The quantitative estimate of drug-likeness (QED) is 0.884. The van der Waals surface area contributed by atoms with Crippen LogP contribution in [0.25, 0.3) is 0 Å². The van der Waals surface area contributed by atoms with E-state index in [1.807, 2.05) is 17.9 Å². The minimum absolute atomic E-state index is 0.640. The van der Waals surface area contributed by atoms with Crippen molar-refractivity contribution in [1.29, 1.82) is 0 Å². The van der Waals surface area contributed by atoms with Gasteiger partial charge in [-0.15, -0.1) is 0 Å². The molecule has 0 spiro atoms. The van der Waals surface area contributed by atoms with E-state index in [-0.39, 0.29) is 0 Å². The lowest BCUT2D eigenvalue weighted by Gasteiger charge is -2.28. The van der Waals surface area contributed by atoms with Crippen molar-refractivity contribution in [2.24, 2.45) is 7.05 Å². The summed E-state index contributed by atoms with van der Waals surface area (Å²) in [5, 5.41) is 8.16. The summed E-state index contributed by atoms with van der Waals surface area (Å²) in [4.78, 5) is 2.57. The lowest BCUT2D eigenvalue weighted by atomic mass is 10.1. The van der Waals surface area contributed by atoms with Crippen LogP contribution >= 0.6 is 0 Å². The molecule has 1 N–H and O–H groups in total.